The van der Waals surface area contributed by atoms with Crippen LogP contribution in [0, 0.1) is 22.7 Å². The first-order valence-electron chi connectivity index (χ1n) is 6.44. The predicted octanol–water partition coefficient (Wildman–Crippen LogP) is 2.07. The SMILES string of the molecule is N#Cc1ccc(-c2nnc(-c3ccc(C#N)cc3)n2N)cc1. The smallest absolute Gasteiger partial charge is 0.182 e. The molecule has 22 heavy (non-hydrogen) atoms. The van der Waals surface area contributed by atoms with Crippen molar-refractivity contribution in [1.29, 1.82) is 10.5 Å². The maximum absolute atomic E-state index is 8.82. The highest BCUT2D eigenvalue weighted by Gasteiger charge is 2.13. The van der Waals surface area contributed by atoms with E-state index in [0.29, 0.717) is 22.8 Å². The topological polar surface area (TPSA) is 104 Å². The Labute approximate surface area is 126 Å². The third kappa shape index (κ3) is 2.26. The van der Waals surface area contributed by atoms with Crippen molar-refractivity contribution in [2.24, 2.45) is 0 Å². The maximum Gasteiger partial charge on any atom is 0.182 e. The number of nitrogens with two attached hydrogens (primary N) is 1. The Morgan fingerprint density at radius 2 is 1.09 bits per heavy atom. The molecule has 3 rings (SSSR count). The highest BCUT2D eigenvalue weighted by Crippen LogP contribution is 2.22. The molecular formula is C16H10N6. The monoisotopic (exact) mass is 286 g/mol. The summed E-state index contributed by atoms with van der Waals surface area (Å²) in [6.45, 7) is 0. The fourth-order valence-corrected chi connectivity index (χ4v) is 2.07. The van der Waals surface area contributed by atoms with E-state index in [1.165, 1.54) is 4.68 Å². The van der Waals surface area contributed by atoms with Gasteiger partial charge >= 0.3 is 0 Å². The van der Waals surface area contributed by atoms with Crippen LogP contribution in [-0.2, 0) is 0 Å². The van der Waals surface area contributed by atoms with Crippen LogP contribution in [0.1, 0.15) is 11.1 Å². The van der Waals surface area contributed by atoms with Crippen molar-refractivity contribution in [2.45, 2.75) is 0 Å². The summed E-state index contributed by atoms with van der Waals surface area (Å²) in [4.78, 5) is 0. The first kappa shape index (κ1) is 13.3. The molecule has 0 bridgehead atoms. The number of nitriles is 2. The van der Waals surface area contributed by atoms with Crippen molar-refractivity contribution < 1.29 is 0 Å². The van der Waals surface area contributed by atoms with E-state index < -0.39 is 0 Å². The molecule has 0 aliphatic rings. The highest BCUT2D eigenvalue weighted by molar-refractivity contribution is 5.63. The molecule has 0 saturated carbocycles. The zero-order valence-electron chi connectivity index (χ0n) is 11.4. The van der Waals surface area contributed by atoms with Gasteiger partial charge in [-0.05, 0) is 48.5 Å². The van der Waals surface area contributed by atoms with Gasteiger partial charge in [0, 0.05) is 11.1 Å². The lowest BCUT2D eigenvalue weighted by Gasteiger charge is -2.04. The van der Waals surface area contributed by atoms with E-state index in [2.05, 4.69) is 22.3 Å². The molecule has 1 heterocycles. The van der Waals surface area contributed by atoms with Gasteiger partial charge in [0.2, 0.25) is 0 Å². The van der Waals surface area contributed by atoms with Gasteiger partial charge in [-0.3, -0.25) is 0 Å². The van der Waals surface area contributed by atoms with Crippen molar-refractivity contribution in [3.63, 3.8) is 0 Å². The third-order valence-corrected chi connectivity index (χ3v) is 3.24. The Hall–Kier alpha value is -3.64. The molecule has 0 spiro atoms. The van der Waals surface area contributed by atoms with Gasteiger partial charge in [0.25, 0.3) is 0 Å². The summed E-state index contributed by atoms with van der Waals surface area (Å²) in [7, 11) is 0. The van der Waals surface area contributed by atoms with Crippen molar-refractivity contribution in [3.8, 4) is 34.9 Å². The van der Waals surface area contributed by atoms with Crippen LogP contribution in [-0.4, -0.2) is 14.9 Å². The minimum absolute atomic E-state index is 0.504. The minimum Gasteiger partial charge on any atom is -0.336 e. The summed E-state index contributed by atoms with van der Waals surface area (Å²) in [6.07, 6.45) is 0. The zero-order valence-corrected chi connectivity index (χ0v) is 11.4. The zero-order chi connectivity index (χ0) is 15.5. The van der Waals surface area contributed by atoms with Crippen LogP contribution in [0.3, 0.4) is 0 Å². The van der Waals surface area contributed by atoms with Crippen molar-refractivity contribution >= 4 is 0 Å². The number of benzene rings is 2. The summed E-state index contributed by atoms with van der Waals surface area (Å²) >= 11 is 0. The number of aromatic nitrogens is 3. The van der Waals surface area contributed by atoms with Crippen LogP contribution >= 0.6 is 0 Å². The molecular weight excluding hydrogens is 276 g/mol. The van der Waals surface area contributed by atoms with Gasteiger partial charge in [-0.25, -0.2) is 4.68 Å². The van der Waals surface area contributed by atoms with Crippen LogP contribution in [0.2, 0.25) is 0 Å². The molecule has 0 fully saturated rings. The number of hydrogen-bond acceptors (Lipinski definition) is 5. The average Bonchev–Trinajstić information content (AvgIpc) is 2.96. The Bertz CT molecular complexity index is 817. The summed E-state index contributed by atoms with van der Waals surface area (Å²) in [5.41, 5.74) is 2.68. The minimum atomic E-state index is 0.504. The number of hydrogen-bond donors (Lipinski definition) is 1. The van der Waals surface area contributed by atoms with Crippen LogP contribution in [0.5, 0.6) is 0 Å². The van der Waals surface area contributed by atoms with Gasteiger partial charge in [-0.1, -0.05) is 0 Å². The van der Waals surface area contributed by atoms with Crippen molar-refractivity contribution in [2.75, 3.05) is 5.84 Å². The molecule has 6 heteroatoms. The molecule has 1 aromatic heterocycles. The highest BCUT2D eigenvalue weighted by atomic mass is 15.4. The summed E-state index contributed by atoms with van der Waals surface area (Å²) in [5.74, 6) is 7.08. The van der Waals surface area contributed by atoms with Crippen molar-refractivity contribution in [3.05, 3.63) is 59.7 Å². The second-order valence-electron chi connectivity index (χ2n) is 4.60. The van der Waals surface area contributed by atoms with Gasteiger partial charge in [-0.15, -0.1) is 10.2 Å². The van der Waals surface area contributed by atoms with Crippen LogP contribution in [0.25, 0.3) is 22.8 Å². The Kier molecular flexibility index (Phi) is 3.27. The molecule has 104 valence electrons. The molecule has 3 aromatic rings. The number of nitrogen functional groups attached to an aromatic ring is 1. The molecule has 0 radical (unpaired) electrons. The molecule has 0 saturated heterocycles. The summed E-state index contributed by atoms with van der Waals surface area (Å²) in [5, 5.41) is 25.8. The van der Waals surface area contributed by atoms with E-state index in [1.54, 1.807) is 48.5 Å². The van der Waals surface area contributed by atoms with E-state index in [4.69, 9.17) is 16.4 Å². The molecule has 0 amide bonds. The molecule has 0 aliphatic heterocycles. The van der Waals surface area contributed by atoms with Crippen LogP contribution < -0.4 is 5.84 Å². The Morgan fingerprint density at radius 3 is 1.41 bits per heavy atom. The lowest BCUT2D eigenvalue weighted by atomic mass is 10.1. The predicted molar refractivity (Wildman–Crippen MR) is 80.5 cm³/mol. The maximum atomic E-state index is 8.82. The van der Waals surface area contributed by atoms with E-state index in [9.17, 15) is 0 Å². The number of nitrogens with zero attached hydrogens (tertiary/aromatic N) is 5. The molecule has 0 aliphatic carbocycles. The first-order chi connectivity index (χ1) is 10.7. The molecule has 0 atom stereocenters. The van der Waals surface area contributed by atoms with Gasteiger partial charge in [0.1, 0.15) is 0 Å². The van der Waals surface area contributed by atoms with Gasteiger partial charge in [-0.2, -0.15) is 10.5 Å². The van der Waals surface area contributed by atoms with E-state index in [1.807, 2.05) is 0 Å². The normalized spacial score (nSPS) is 9.91. The largest absolute Gasteiger partial charge is 0.336 e. The van der Waals surface area contributed by atoms with E-state index in [-0.39, 0.29) is 0 Å². The third-order valence-electron chi connectivity index (χ3n) is 3.24. The molecule has 6 nitrogen and oxygen atoms in total. The molecule has 2 N–H and O–H groups in total. The number of rotatable bonds is 2. The Morgan fingerprint density at radius 1 is 0.727 bits per heavy atom. The molecule has 0 unspecified atom stereocenters. The second-order valence-corrected chi connectivity index (χ2v) is 4.60. The fourth-order valence-electron chi connectivity index (χ4n) is 2.07. The van der Waals surface area contributed by atoms with E-state index in [0.717, 1.165) is 11.1 Å². The second kappa shape index (κ2) is 5.39. The summed E-state index contributed by atoms with van der Waals surface area (Å²) < 4.78 is 1.39. The first-order valence-corrected chi connectivity index (χ1v) is 6.44. The summed E-state index contributed by atoms with van der Waals surface area (Å²) in [6, 6.07) is 18.0. The Balaban J connectivity index is 2.00. The quantitative estimate of drug-likeness (QED) is 0.726. The van der Waals surface area contributed by atoms with Gasteiger partial charge < -0.3 is 5.84 Å². The van der Waals surface area contributed by atoms with Gasteiger partial charge in [0.15, 0.2) is 11.6 Å². The average molecular weight is 286 g/mol. The lowest BCUT2D eigenvalue weighted by molar-refractivity contribution is 1.02. The fraction of sp³-hybridized carbons (Fsp3) is 0. The van der Waals surface area contributed by atoms with Crippen LogP contribution in [0.4, 0.5) is 0 Å². The van der Waals surface area contributed by atoms with Crippen molar-refractivity contribution in [1.82, 2.24) is 14.9 Å². The van der Waals surface area contributed by atoms with Crippen LogP contribution in [0.15, 0.2) is 48.5 Å². The van der Waals surface area contributed by atoms with Gasteiger partial charge in [0.05, 0.1) is 23.3 Å². The standard InChI is InChI=1S/C16H10N6/c17-9-11-1-5-13(6-2-11)15-20-21-16(22(15)19)14-7-3-12(10-18)4-8-14/h1-8H,19H2. The lowest BCUT2D eigenvalue weighted by Crippen LogP contribution is -2.11. The molecule has 2 aromatic carbocycles. The van der Waals surface area contributed by atoms with E-state index >= 15 is 0 Å².